The highest BCUT2D eigenvalue weighted by Crippen LogP contribution is 2.27. The first-order valence-electron chi connectivity index (χ1n) is 9.37. The Bertz CT molecular complexity index is 950. The molecule has 3 aromatic rings. The van der Waals surface area contributed by atoms with E-state index in [-0.39, 0.29) is 24.5 Å². The maximum absolute atomic E-state index is 12.4. The molecular formula is C20H22N4O4. The van der Waals surface area contributed by atoms with Gasteiger partial charge in [-0.15, -0.1) is 0 Å². The molecule has 1 N–H and O–H groups in total. The normalized spacial score (nSPS) is 19.3. The lowest BCUT2D eigenvalue weighted by molar-refractivity contribution is -0.121. The van der Waals surface area contributed by atoms with Gasteiger partial charge in [-0.1, -0.05) is 17.3 Å². The predicted octanol–water partition coefficient (Wildman–Crippen LogP) is 2.68. The minimum absolute atomic E-state index is 0.0400. The van der Waals surface area contributed by atoms with Gasteiger partial charge in [0.25, 0.3) is 11.8 Å². The fourth-order valence-corrected chi connectivity index (χ4v) is 3.51. The van der Waals surface area contributed by atoms with Gasteiger partial charge in [0.15, 0.2) is 5.58 Å². The van der Waals surface area contributed by atoms with Gasteiger partial charge in [-0.2, -0.15) is 0 Å². The van der Waals surface area contributed by atoms with Crippen molar-refractivity contribution in [2.75, 3.05) is 7.11 Å². The quantitative estimate of drug-likeness (QED) is 0.700. The molecule has 2 aromatic heterocycles. The van der Waals surface area contributed by atoms with Crippen LogP contribution in [0, 0.1) is 0 Å². The molecule has 1 aliphatic carbocycles. The van der Waals surface area contributed by atoms with E-state index < -0.39 is 0 Å². The summed E-state index contributed by atoms with van der Waals surface area (Å²) in [5, 5.41) is 8.01. The van der Waals surface area contributed by atoms with Crippen LogP contribution in [0.5, 0.6) is 11.8 Å². The summed E-state index contributed by atoms with van der Waals surface area (Å²) in [6, 6.07) is 7.69. The number of nitrogens with one attached hydrogen (secondary N) is 1. The molecule has 1 fully saturated rings. The molecule has 146 valence electrons. The molecule has 1 aliphatic rings. The number of hydrogen-bond donors (Lipinski definition) is 1. The van der Waals surface area contributed by atoms with Crippen molar-refractivity contribution in [1.29, 1.82) is 0 Å². The monoisotopic (exact) mass is 382 g/mol. The Kier molecular flexibility index (Phi) is 5.36. The standard InChI is InChI=1S/C20H22N4O4/c1-26-19-20(22-11-10-21-19)27-14-8-6-13(7-9-14)23-18(25)12-16-15-4-2-3-5-17(15)28-24-16/h2-5,10-11,13-14H,6-9,12H2,1H3,(H,23,25). The zero-order chi connectivity index (χ0) is 19.3. The summed E-state index contributed by atoms with van der Waals surface area (Å²) in [6.07, 6.45) is 6.75. The highest BCUT2D eigenvalue weighted by molar-refractivity contribution is 5.86. The van der Waals surface area contributed by atoms with Crippen molar-refractivity contribution in [3.63, 3.8) is 0 Å². The maximum atomic E-state index is 12.4. The van der Waals surface area contributed by atoms with E-state index in [1.807, 2.05) is 24.3 Å². The zero-order valence-corrected chi connectivity index (χ0v) is 15.6. The summed E-state index contributed by atoms with van der Waals surface area (Å²) < 4.78 is 16.4. The molecule has 0 atom stereocenters. The van der Waals surface area contributed by atoms with Crippen LogP contribution in [0.1, 0.15) is 31.4 Å². The molecule has 1 aromatic carbocycles. The number of ether oxygens (including phenoxy) is 2. The van der Waals surface area contributed by atoms with Crippen LogP contribution in [0.25, 0.3) is 11.0 Å². The molecule has 0 radical (unpaired) electrons. The van der Waals surface area contributed by atoms with E-state index in [0.29, 0.717) is 23.0 Å². The van der Waals surface area contributed by atoms with Gasteiger partial charge in [0, 0.05) is 23.8 Å². The molecule has 28 heavy (non-hydrogen) atoms. The summed E-state index contributed by atoms with van der Waals surface area (Å²) in [5.74, 6) is 0.757. The Morgan fingerprint density at radius 3 is 2.68 bits per heavy atom. The molecule has 8 nitrogen and oxygen atoms in total. The largest absolute Gasteiger partial charge is 0.477 e. The smallest absolute Gasteiger partial charge is 0.278 e. The van der Waals surface area contributed by atoms with Crippen molar-refractivity contribution in [1.82, 2.24) is 20.4 Å². The molecule has 1 amide bonds. The number of methoxy groups -OCH3 is 1. The molecule has 8 heteroatoms. The number of para-hydroxylation sites is 1. The third-order valence-corrected chi connectivity index (χ3v) is 4.92. The van der Waals surface area contributed by atoms with E-state index >= 15 is 0 Å². The first-order valence-corrected chi connectivity index (χ1v) is 9.37. The average molecular weight is 382 g/mol. The van der Waals surface area contributed by atoms with Crippen LogP contribution < -0.4 is 14.8 Å². The van der Waals surface area contributed by atoms with Crippen molar-refractivity contribution in [2.45, 2.75) is 44.2 Å². The number of carbonyl (C=O) groups is 1. The number of nitrogens with zero attached hydrogens (tertiary/aromatic N) is 3. The van der Waals surface area contributed by atoms with Gasteiger partial charge in [0.05, 0.1) is 13.5 Å². The highest BCUT2D eigenvalue weighted by Gasteiger charge is 2.25. The second-order valence-corrected chi connectivity index (χ2v) is 6.83. The Hall–Kier alpha value is -3.16. The van der Waals surface area contributed by atoms with Gasteiger partial charge in [-0.25, -0.2) is 9.97 Å². The summed E-state index contributed by atoms with van der Waals surface area (Å²) in [7, 11) is 1.54. The molecule has 2 heterocycles. The van der Waals surface area contributed by atoms with Gasteiger partial charge >= 0.3 is 0 Å². The van der Waals surface area contributed by atoms with E-state index in [0.717, 1.165) is 31.1 Å². The summed E-state index contributed by atoms with van der Waals surface area (Å²) in [4.78, 5) is 20.7. The second-order valence-electron chi connectivity index (χ2n) is 6.83. The van der Waals surface area contributed by atoms with Crippen molar-refractivity contribution in [3.8, 4) is 11.8 Å². The fraction of sp³-hybridized carbons (Fsp3) is 0.400. The van der Waals surface area contributed by atoms with Crippen molar-refractivity contribution >= 4 is 16.9 Å². The molecule has 4 rings (SSSR count). The molecular weight excluding hydrogens is 360 g/mol. The molecule has 0 spiro atoms. The molecule has 0 unspecified atom stereocenters. The summed E-state index contributed by atoms with van der Waals surface area (Å²) in [5.41, 5.74) is 1.36. The Morgan fingerprint density at radius 2 is 1.89 bits per heavy atom. The number of benzene rings is 1. The molecule has 1 saturated carbocycles. The van der Waals surface area contributed by atoms with Crippen LogP contribution in [0.15, 0.2) is 41.2 Å². The summed E-state index contributed by atoms with van der Waals surface area (Å²) >= 11 is 0. The number of aromatic nitrogens is 3. The number of fused-ring (bicyclic) bond motifs is 1. The average Bonchev–Trinajstić information content (AvgIpc) is 3.13. The lowest BCUT2D eigenvalue weighted by Gasteiger charge is -2.29. The van der Waals surface area contributed by atoms with E-state index in [4.69, 9.17) is 14.0 Å². The van der Waals surface area contributed by atoms with Gasteiger partial charge < -0.3 is 19.3 Å². The molecule has 0 saturated heterocycles. The minimum atomic E-state index is -0.0426. The Labute approximate surface area is 162 Å². The maximum Gasteiger partial charge on any atom is 0.278 e. The van der Waals surface area contributed by atoms with Crippen LogP contribution >= 0.6 is 0 Å². The van der Waals surface area contributed by atoms with Crippen LogP contribution in [-0.4, -0.2) is 40.3 Å². The molecule has 0 aliphatic heterocycles. The zero-order valence-electron chi connectivity index (χ0n) is 15.6. The minimum Gasteiger partial charge on any atom is -0.477 e. The Balaban J connectivity index is 1.28. The van der Waals surface area contributed by atoms with E-state index in [2.05, 4.69) is 20.4 Å². The van der Waals surface area contributed by atoms with Crippen LogP contribution in [0.4, 0.5) is 0 Å². The van der Waals surface area contributed by atoms with Crippen molar-refractivity contribution in [3.05, 3.63) is 42.4 Å². The third-order valence-electron chi connectivity index (χ3n) is 4.92. The van der Waals surface area contributed by atoms with Gasteiger partial charge in [-0.3, -0.25) is 4.79 Å². The van der Waals surface area contributed by atoms with E-state index in [1.54, 1.807) is 19.5 Å². The second kappa shape index (κ2) is 8.24. The van der Waals surface area contributed by atoms with Gasteiger partial charge in [0.2, 0.25) is 5.91 Å². The SMILES string of the molecule is COc1nccnc1OC1CCC(NC(=O)Cc2noc3ccccc23)CC1. The van der Waals surface area contributed by atoms with E-state index in [1.165, 1.54) is 0 Å². The highest BCUT2D eigenvalue weighted by atomic mass is 16.5. The van der Waals surface area contributed by atoms with Crippen molar-refractivity contribution in [2.24, 2.45) is 0 Å². The van der Waals surface area contributed by atoms with Gasteiger partial charge in [-0.05, 0) is 37.8 Å². The van der Waals surface area contributed by atoms with Crippen LogP contribution in [-0.2, 0) is 11.2 Å². The topological polar surface area (TPSA) is 99.4 Å². The first kappa shape index (κ1) is 18.2. The molecule has 0 bridgehead atoms. The first-order chi connectivity index (χ1) is 13.7. The van der Waals surface area contributed by atoms with Gasteiger partial charge in [0.1, 0.15) is 11.8 Å². The van der Waals surface area contributed by atoms with E-state index in [9.17, 15) is 4.79 Å². The number of amides is 1. The van der Waals surface area contributed by atoms with Crippen molar-refractivity contribution < 1.29 is 18.8 Å². The fourth-order valence-electron chi connectivity index (χ4n) is 3.51. The number of hydrogen-bond acceptors (Lipinski definition) is 7. The predicted molar refractivity (Wildman–Crippen MR) is 101 cm³/mol. The third kappa shape index (κ3) is 4.05. The lowest BCUT2D eigenvalue weighted by Crippen LogP contribution is -2.40. The number of rotatable bonds is 6. The van der Waals surface area contributed by atoms with Crippen LogP contribution in [0.3, 0.4) is 0 Å². The summed E-state index contributed by atoms with van der Waals surface area (Å²) in [6.45, 7) is 0. The Morgan fingerprint density at radius 1 is 1.14 bits per heavy atom. The lowest BCUT2D eigenvalue weighted by atomic mass is 9.93. The van der Waals surface area contributed by atoms with Crippen LogP contribution in [0.2, 0.25) is 0 Å². The number of carbonyl (C=O) groups excluding carboxylic acids is 1.